The quantitative estimate of drug-likeness (QED) is 0.636. The molecule has 2 aromatic heterocycles. The molecule has 0 aliphatic carbocycles. The molecule has 3 aromatic rings. The summed E-state index contributed by atoms with van der Waals surface area (Å²) in [6, 6.07) is 10.1. The minimum atomic E-state index is 0. The van der Waals surface area contributed by atoms with Crippen LogP contribution in [0.15, 0.2) is 30.3 Å². The highest BCUT2D eigenvalue weighted by Crippen LogP contribution is 2.25. The third-order valence-corrected chi connectivity index (χ3v) is 4.16. The van der Waals surface area contributed by atoms with Crippen LogP contribution in [-0.2, 0) is 0 Å². The standard InChI is InChI=1S/C17H20N6.ClH/c1-12-11-13(2)23(21-12)17-16(22-9-7-18-8-10-22)19-14-5-3-4-6-15(14)20-17;/h3-6,11,18H,7-10H2,1-2H3;1H/p-1. The van der Waals surface area contributed by atoms with Crippen LogP contribution in [0, 0.1) is 13.8 Å². The van der Waals surface area contributed by atoms with E-state index in [4.69, 9.17) is 9.97 Å². The molecule has 0 bridgehead atoms. The Balaban J connectivity index is 0.00000169. The molecule has 0 atom stereocenters. The average Bonchev–Trinajstić information content (AvgIpc) is 2.93. The fourth-order valence-corrected chi connectivity index (χ4v) is 3.06. The predicted molar refractivity (Wildman–Crippen MR) is 91.2 cm³/mol. The minimum absolute atomic E-state index is 0. The van der Waals surface area contributed by atoms with Crippen LogP contribution in [0.25, 0.3) is 16.9 Å². The molecule has 0 radical (unpaired) electrons. The first-order valence-corrected chi connectivity index (χ1v) is 7.98. The average molecular weight is 344 g/mol. The summed E-state index contributed by atoms with van der Waals surface area (Å²) in [6.45, 7) is 7.84. The Morgan fingerprint density at radius 2 is 1.58 bits per heavy atom. The van der Waals surface area contributed by atoms with Crippen LogP contribution >= 0.6 is 0 Å². The largest absolute Gasteiger partial charge is 1.00 e. The van der Waals surface area contributed by atoms with Crippen LogP contribution in [-0.4, -0.2) is 45.9 Å². The van der Waals surface area contributed by atoms with Crippen molar-refractivity contribution >= 4 is 16.9 Å². The summed E-state index contributed by atoms with van der Waals surface area (Å²) >= 11 is 0. The fourth-order valence-electron chi connectivity index (χ4n) is 3.06. The highest BCUT2D eigenvalue weighted by atomic mass is 35.5. The molecule has 0 amide bonds. The van der Waals surface area contributed by atoms with Crippen LogP contribution in [0.1, 0.15) is 11.4 Å². The first-order valence-electron chi connectivity index (χ1n) is 7.98. The molecule has 0 spiro atoms. The van der Waals surface area contributed by atoms with Crippen molar-refractivity contribution in [1.29, 1.82) is 0 Å². The Morgan fingerprint density at radius 1 is 0.958 bits per heavy atom. The zero-order valence-electron chi connectivity index (χ0n) is 13.8. The predicted octanol–water partition coefficient (Wildman–Crippen LogP) is -1.15. The molecule has 7 heteroatoms. The highest BCUT2D eigenvalue weighted by molar-refractivity contribution is 5.78. The topological polar surface area (TPSA) is 58.9 Å². The molecule has 1 aromatic carbocycles. The van der Waals surface area contributed by atoms with Gasteiger partial charge in [0.2, 0.25) is 0 Å². The fraction of sp³-hybridized carbons (Fsp3) is 0.353. The second-order valence-electron chi connectivity index (χ2n) is 5.94. The zero-order valence-corrected chi connectivity index (χ0v) is 14.6. The van der Waals surface area contributed by atoms with E-state index in [1.165, 1.54) is 0 Å². The van der Waals surface area contributed by atoms with E-state index < -0.39 is 0 Å². The van der Waals surface area contributed by atoms with Gasteiger partial charge in [-0.2, -0.15) is 5.10 Å². The first-order chi connectivity index (χ1) is 11.2. The van der Waals surface area contributed by atoms with Crippen LogP contribution in [0.5, 0.6) is 0 Å². The molecular formula is C17H20ClN6-. The lowest BCUT2D eigenvalue weighted by atomic mass is 10.3. The van der Waals surface area contributed by atoms with Gasteiger partial charge in [-0.25, -0.2) is 14.6 Å². The number of piperazine rings is 1. The van der Waals surface area contributed by atoms with E-state index in [0.717, 1.165) is 60.2 Å². The van der Waals surface area contributed by atoms with Crippen molar-refractivity contribution in [3.05, 3.63) is 41.7 Å². The van der Waals surface area contributed by atoms with Crippen molar-refractivity contribution in [2.45, 2.75) is 13.8 Å². The summed E-state index contributed by atoms with van der Waals surface area (Å²) in [4.78, 5) is 12.1. The van der Waals surface area contributed by atoms with Crippen molar-refractivity contribution in [1.82, 2.24) is 25.1 Å². The molecule has 3 heterocycles. The van der Waals surface area contributed by atoms with E-state index in [9.17, 15) is 0 Å². The number of nitrogens with zero attached hydrogens (tertiary/aromatic N) is 5. The number of fused-ring (bicyclic) bond motifs is 1. The molecule has 0 saturated carbocycles. The lowest BCUT2D eigenvalue weighted by molar-refractivity contribution is -0.00000501. The Morgan fingerprint density at radius 3 is 2.17 bits per heavy atom. The molecule has 1 aliphatic rings. The number of halogens is 1. The molecular weight excluding hydrogens is 324 g/mol. The molecule has 6 nitrogen and oxygen atoms in total. The summed E-state index contributed by atoms with van der Waals surface area (Å²) in [5, 5.41) is 8.00. The van der Waals surface area contributed by atoms with Crippen LogP contribution in [0.3, 0.4) is 0 Å². The maximum atomic E-state index is 4.90. The van der Waals surface area contributed by atoms with Gasteiger partial charge < -0.3 is 22.6 Å². The third-order valence-electron chi connectivity index (χ3n) is 4.16. The monoisotopic (exact) mass is 343 g/mol. The van der Waals surface area contributed by atoms with Gasteiger partial charge in [0.05, 0.1) is 16.7 Å². The maximum Gasteiger partial charge on any atom is 0.197 e. The van der Waals surface area contributed by atoms with Gasteiger partial charge in [-0.1, -0.05) is 12.1 Å². The molecule has 24 heavy (non-hydrogen) atoms. The molecule has 1 aliphatic heterocycles. The Kier molecular flexibility index (Phi) is 4.69. The number of hydrogen-bond acceptors (Lipinski definition) is 5. The van der Waals surface area contributed by atoms with Gasteiger partial charge in [0.25, 0.3) is 0 Å². The van der Waals surface area contributed by atoms with Gasteiger partial charge in [-0.3, -0.25) is 0 Å². The number of nitrogens with one attached hydrogen (secondary N) is 1. The summed E-state index contributed by atoms with van der Waals surface area (Å²) in [7, 11) is 0. The summed E-state index contributed by atoms with van der Waals surface area (Å²) in [6.07, 6.45) is 0. The van der Waals surface area contributed by atoms with E-state index in [2.05, 4.69) is 28.3 Å². The Hall–Kier alpha value is -2.18. The lowest BCUT2D eigenvalue weighted by Crippen LogP contribution is -3.00. The van der Waals surface area contributed by atoms with Crippen molar-refractivity contribution in [3.8, 4) is 5.82 Å². The van der Waals surface area contributed by atoms with Gasteiger partial charge in [0, 0.05) is 31.9 Å². The summed E-state index contributed by atoms with van der Waals surface area (Å²) in [5.74, 6) is 1.73. The SMILES string of the molecule is Cc1cc(C)n(-c2nc3ccccc3nc2N2CCNCC2)n1.[Cl-]. The Bertz CT molecular complexity index is 853. The smallest absolute Gasteiger partial charge is 0.197 e. The maximum absolute atomic E-state index is 4.90. The van der Waals surface area contributed by atoms with Crippen LogP contribution < -0.4 is 22.6 Å². The van der Waals surface area contributed by atoms with Crippen molar-refractivity contribution in [2.24, 2.45) is 0 Å². The van der Waals surface area contributed by atoms with Gasteiger partial charge in [-0.15, -0.1) is 0 Å². The van der Waals surface area contributed by atoms with Crippen molar-refractivity contribution in [3.63, 3.8) is 0 Å². The lowest BCUT2D eigenvalue weighted by Gasteiger charge is -2.29. The number of aromatic nitrogens is 4. The summed E-state index contributed by atoms with van der Waals surface area (Å²) < 4.78 is 1.91. The van der Waals surface area contributed by atoms with Gasteiger partial charge in [0.1, 0.15) is 0 Å². The zero-order chi connectivity index (χ0) is 15.8. The van der Waals surface area contributed by atoms with Crippen molar-refractivity contribution < 1.29 is 12.4 Å². The molecule has 0 unspecified atom stereocenters. The van der Waals surface area contributed by atoms with Crippen molar-refractivity contribution in [2.75, 3.05) is 31.1 Å². The highest BCUT2D eigenvalue weighted by Gasteiger charge is 2.20. The number of aryl methyl sites for hydroxylation is 2. The minimum Gasteiger partial charge on any atom is -1.00 e. The number of anilines is 1. The molecule has 1 saturated heterocycles. The van der Waals surface area contributed by atoms with Gasteiger partial charge in [-0.05, 0) is 32.0 Å². The number of hydrogen-bond donors (Lipinski definition) is 1. The molecule has 1 N–H and O–H groups in total. The van der Waals surface area contributed by atoms with E-state index in [1.54, 1.807) is 0 Å². The van der Waals surface area contributed by atoms with Crippen LogP contribution in [0.2, 0.25) is 0 Å². The summed E-state index contributed by atoms with van der Waals surface area (Å²) in [5.41, 5.74) is 3.88. The van der Waals surface area contributed by atoms with Gasteiger partial charge in [0.15, 0.2) is 11.6 Å². The third kappa shape index (κ3) is 2.95. The molecule has 1 fully saturated rings. The van der Waals surface area contributed by atoms with E-state index in [0.29, 0.717) is 0 Å². The first kappa shape index (κ1) is 16.7. The second kappa shape index (κ2) is 6.75. The van der Waals surface area contributed by atoms with E-state index in [1.807, 2.05) is 35.9 Å². The van der Waals surface area contributed by atoms with Gasteiger partial charge >= 0.3 is 0 Å². The number of benzene rings is 1. The number of rotatable bonds is 2. The normalized spacial score (nSPS) is 14.7. The van der Waals surface area contributed by atoms with E-state index >= 15 is 0 Å². The second-order valence-corrected chi connectivity index (χ2v) is 5.94. The van der Waals surface area contributed by atoms with E-state index in [-0.39, 0.29) is 12.4 Å². The van der Waals surface area contributed by atoms with Crippen LogP contribution in [0.4, 0.5) is 5.82 Å². The Labute approximate surface area is 147 Å². The molecule has 126 valence electrons. The number of para-hydroxylation sites is 2. The molecule has 4 rings (SSSR count).